The summed E-state index contributed by atoms with van der Waals surface area (Å²) in [4.78, 5) is 20.0. The third-order valence-corrected chi connectivity index (χ3v) is 5.89. The van der Waals surface area contributed by atoms with Gasteiger partial charge < -0.3 is 21.3 Å². The Morgan fingerprint density at radius 3 is 2.50 bits per heavy atom. The second-order valence-electron chi connectivity index (χ2n) is 8.43. The van der Waals surface area contributed by atoms with E-state index in [9.17, 15) is 4.79 Å². The number of carbonyl (C=O) groups is 1. The number of hydrogen-bond acceptors (Lipinski definition) is 6. The van der Waals surface area contributed by atoms with Crippen LogP contribution in [0.3, 0.4) is 0 Å². The number of benzene rings is 1. The molecule has 3 aromatic rings. The molecule has 1 saturated heterocycles. The van der Waals surface area contributed by atoms with E-state index in [-0.39, 0.29) is 5.91 Å². The quantitative estimate of drug-likeness (QED) is 0.524. The minimum absolute atomic E-state index is 0.138. The van der Waals surface area contributed by atoms with E-state index in [1.165, 1.54) is 0 Å². The van der Waals surface area contributed by atoms with Gasteiger partial charge in [-0.1, -0.05) is 6.92 Å². The number of hydrogen-bond donors (Lipinski definition) is 3. The lowest BCUT2D eigenvalue weighted by molar-refractivity contribution is 0.102. The minimum Gasteiger partial charge on any atom is -0.384 e. The van der Waals surface area contributed by atoms with Gasteiger partial charge in [-0.05, 0) is 68.1 Å². The summed E-state index contributed by atoms with van der Waals surface area (Å²) in [6.07, 6.45) is 3.93. The van der Waals surface area contributed by atoms with Gasteiger partial charge in [-0.3, -0.25) is 4.79 Å². The molecule has 1 amide bonds. The number of amides is 1. The molecule has 0 spiro atoms. The molecular formula is C24H31N7O. The van der Waals surface area contributed by atoms with Gasteiger partial charge in [0.15, 0.2) is 0 Å². The van der Waals surface area contributed by atoms with E-state index in [4.69, 9.17) is 10.7 Å². The molecule has 1 aliphatic rings. The minimum atomic E-state index is -0.138. The number of aromatic nitrogens is 3. The van der Waals surface area contributed by atoms with Crippen LogP contribution in [0, 0.1) is 12.8 Å². The first-order chi connectivity index (χ1) is 15.5. The van der Waals surface area contributed by atoms with Crippen molar-refractivity contribution >= 4 is 28.9 Å². The van der Waals surface area contributed by atoms with Crippen molar-refractivity contribution in [3.05, 3.63) is 59.9 Å². The number of anilines is 4. The van der Waals surface area contributed by atoms with Crippen LogP contribution >= 0.6 is 0 Å². The van der Waals surface area contributed by atoms with Crippen molar-refractivity contribution in [2.45, 2.75) is 33.2 Å². The fourth-order valence-electron chi connectivity index (χ4n) is 3.89. The lowest BCUT2D eigenvalue weighted by Crippen LogP contribution is -2.35. The summed E-state index contributed by atoms with van der Waals surface area (Å²) in [5.41, 5.74) is 9.08. The van der Waals surface area contributed by atoms with Crippen molar-refractivity contribution in [3.8, 4) is 0 Å². The van der Waals surface area contributed by atoms with Crippen LogP contribution in [-0.2, 0) is 6.54 Å². The van der Waals surface area contributed by atoms with Crippen molar-refractivity contribution in [1.29, 1.82) is 0 Å². The van der Waals surface area contributed by atoms with Crippen LogP contribution in [0.4, 0.5) is 23.0 Å². The maximum absolute atomic E-state index is 13.1. The Balaban J connectivity index is 1.38. The number of carbonyl (C=O) groups excluding carboxylic acids is 1. The maximum atomic E-state index is 13.1. The third kappa shape index (κ3) is 5.19. The van der Waals surface area contributed by atoms with E-state index in [1.807, 2.05) is 43.3 Å². The van der Waals surface area contributed by atoms with Gasteiger partial charge in [0, 0.05) is 36.7 Å². The van der Waals surface area contributed by atoms with Gasteiger partial charge in [0.1, 0.15) is 11.6 Å². The Morgan fingerprint density at radius 1 is 1.09 bits per heavy atom. The highest BCUT2D eigenvalue weighted by atomic mass is 16.1. The van der Waals surface area contributed by atoms with Crippen LogP contribution in [0.25, 0.3) is 0 Å². The number of aryl methyl sites for hydroxylation is 1. The molecule has 1 aromatic carbocycles. The zero-order valence-electron chi connectivity index (χ0n) is 18.7. The largest absolute Gasteiger partial charge is 0.384 e. The zero-order chi connectivity index (χ0) is 22.5. The molecule has 1 fully saturated rings. The summed E-state index contributed by atoms with van der Waals surface area (Å²) in [5.74, 6) is 2.01. The third-order valence-electron chi connectivity index (χ3n) is 5.89. The molecule has 8 nitrogen and oxygen atoms in total. The monoisotopic (exact) mass is 433 g/mol. The number of nitrogens with one attached hydrogen (secondary N) is 2. The Bertz CT molecular complexity index is 1050. The molecule has 1 aliphatic heterocycles. The number of nitrogens with zero attached hydrogens (tertiary/aromatic N) is 4. The van der Waals surface area contributed by atoms with E-state index >= 15 is 0 Å². The molecule has 32 heavy (non-hydrogen) atoms. The van der Waals surface area contributed by atoms with Gasteiger partial charge >= 0.3 is 0 Å². The summed E-state index contributed by atoms with van der Waals surface area (Å²) >= 11 is 0. The first-order valence-corrected chi connectivity index (χ1v) is 11.1. The van der Waals surface area contributed by atoms with E-state index in [0.29, 0.717) is 24.5 Å². The Labute approximate surface area is 188 Å². The average Bonchev–Trinajstić information content (AvgIpc) is 3.20. The second-order valence-corrected chi connectivity index (χ2v) is 8.43. The lowest BCUT2D eigenvalue weighted by atomic mass is 9.99. The molecule has 3 heterocycles. The number of nitrogens with two attached hydrogens (primary N) is 1. The van der Waals surface area contributed by atoms with Crippen molar-refractivity contribution in [3.63, 3.8) is 0 Å². The Kier molecular flexibility index (Phi) is 6.58. The molecule has 0 atom stereocenters. The Morgan fingerprint density at radius 2 is 1.81 bits per heavy atom. The molecule has 2 aromatic heterocycles. The van der Waals surface area contributed by atoms with Crippen molar-refractivity contribution in [1.82, 2.24) is 14.8 Å². The normalized spacial score (nSPS) is 14.4. The molecule has 8 heteroatoms. The predicted octanol–water partition coefficient (Wildman–Crippen LogP) is 3.77. The van der Waals surface area contributed by atoms with Crippen molar-refractivity contribution < 1.29 is 4.79 Å². The van der Waals surface area contributed by atoms with E-state index < -0.39 is 0 Å². The zero-order valence-corrected chi connectivity index (χ0v) is 18.7. The molecule has 0 unspecified atom stereocenters. The van der Waals surface area contributed by atoms with Gasteiger partial charge in [0.25, 0.3) is 5.91 Å². The lowest BCUT2D eigenvalue weighted by Gasteiger charge is -2.32. The number of nitrogen functional groups attached to an aromatic ring is 1. The summed E-state index contributed by atoms with van der Waals surface area (Å²) in [6.45, 7) is 7.48. The second kappa shape index (κ2) is 9.72. The van der Waals surface area contributed by atoms with Gasteiger partial charge in [-0.25, -0.2) is 9.67 Å². The fourth-order valence-corrected chi connectivity index (χ4v) is 3.89. The number of piperidine rings is 1. The topological polar surface area (TPSA) is 101 Å². The molecule has 0 saturated carbocycles. The number of rotatable bonds is 7. The molecule has 0 aliphatic carbocycles. The molecule has 0 radical (unpaired) electrons. The molecule has 168 valence electrons. The van der Waals surface area contributed by atoms with Crippen LogP contribution in [0.2, 0.25) is 0 Å². The van der Waals surface area contributed by atoms with Crippen molar-refractivity contribution in [2.75, 3.05) is 40.9 Å². The van der Waals surface area contributed by atoms with Crippen molar-refractivity contribution in [2.24, 2.45) is 5.92 Å². The van der Waals surface area contributed by atoms with Gasteiger partial charge in [0.2, 0.25) is 0 Å². The summed E-state index contributed by atoms with van der Waals surface area (Å²) in [6, 6.07) is 13.2. The van der Waals surface area contributed by atoms with Crippen LogP contribution in [0.1, 0.15) is 35.8 Å². The highest BCUT2D eigenvalue weighted by Crippen LogP contribution is 2.26. The molecule has 0 bridgehead atoms. The summed E-state index contributed by atoms with van der Waals surface area (Å²) in [7, 11) is 0. The van der Waals surface area contributed by atoms with Crippen LogP contribution in [0.5, 0.6) is 0 Å². The van der Waals surface area contributed by atoms with Crippen LogP contribution in [0.15, 0.2) is 48.7 Å². The SMILES string of the molecule is Cc1ccc(C(=O)Nc2ccc(NCCn3nccc3N)cc2)c(N2CCC(C)CC2)n1. The standard InChI is InChI=1S/C24H31N7O/c1-17-10-14-30(15-11-17)23-21(8-3-18(2)28-23)24(32)29-20-6-4-19(5-7-20)26-13-16-31-22(25)9-12-27-31/h3-9,12,17,26H,10-11,13-16,25H2,1-2H3,(H,29,32). The van der Waals surface area contributed by atoms with Gasteiger partial charge in [-0.2, -0.15) is 5.10 Å². The van der Waals surface area contributed by atoms with Crippen LogP contribution in [-0.4, -0.2) is 40.3 Å². The molecular weight excluding hydrogens is 402 g/mol. The predicted molar refractivity (Wildman–Crippen MR) is 129 cm³/mol. The fraction of sp³-hybridized carbons (Fsp3) is 0.375. The average molecular weight is 434 g/mol. The molecule has 4 N–H and O–H groups in total. The van der Waals surface area contributed by atoms with E-state index in [2.05, 4.69) is 27.6 Å². The smallest absolute Gasteiger partial charge is 0.259 e. The number of pyridine rings is 1. The van der Waals surface area contributed by atoms with E-state index in [1.54, 1.807) is 16.9 Å². The molecule has 4 rings (SSSR count). The van der Waals surface area contributed by atoms with Gasteiger partial charge in [0.05, 0.1) is 18.3 Å². The summed E-state index contributed by atoms with van der Waals surface area (Å²) in [5, 5.41) is 10.5. The Hall–Kier alpha value is -3.55. The maximum Gasteiger partial charge on any atom is 0.259 e. The van der Waals surface area contributed by atoms with Crippen LogP contribution < -0.4 is 21.3 Å². The summed E-state index contributed by atoms with van der Waals surface area (Å²) < 4.78 is 1.75. The highest BCUT2D eigenvalue weighted by molar-refractivity contribution is 6.07. The van der Waals surface area contributed by atoms with E-state index in [0.717, 1.165) is 54.7 Å². The van der Waals surface area contributed by atoms with Gasteiger partial charge in [-0.15, -0.1) is 0 Å². The first-order valence-electron chi connectivity index (χ1n) is 11.1. The highest BCUT2D eigenvalue weighted by Gasteiger charge is 2.22. The first kappa shape index (κ1) is 21.7.